The van der Waals surface area contributed by atoms with Crippen LogP contribution < -0.4 is 0 Å². The molecule has 264 valence electrons. The van der Waals surface area contributed by atoms with Gasteiger partial charge in [-0.25, -0.2) is 9.18 Å². The molecule has 2 saturated heterocycles. The van der Waals surface area contributed by atoms with Crippen molar-refractivity contribution in [2.45, 2.75) is 118 Å². The normalized spacial score (nSPS) is 18.9. The number of pyridine rings is 1. The summed E-state index contributed by atoms with van der Waals surface area (Å²) in [6.45, 7) is 17.7. The van der Waals surface area contributed by atoms with Crippen LogP contribution in [0.15, 0.2) is 36.7 Å². The fraction of sp³-hybridized carbons (Fsp3) is 0.553. The van der Waals surface area contributed by atoms with Crippen LogP contribution in [0.5, 0.6) is 0 Å². The van der Waals surface area contributed by atoms with E-state index in [1.165, 1.54) is 12.1 Å². The Hall–Kier alpha value is -4.28. The van der Waals surface area contributed by atoms with E-state index in [1.807, 2.05) is 66.9 Å². The lowest BCUT2D eigenvalue weighted by molar-refractivity contribution is -0.137. The van der Waals surface area contributed by atoms with E-state index in [9.17, 15) is 23.6 Å². The van der Waals surface area contributed by atoms with Gasteiger partial charge in [-0.2, -0.15) is 0 Å². The molecule has 3 amide bonds. The number of aromatic nitrogens is 2. The van der Waals surface area contributed by atoms with E-state index < -0.39 is 23.6 Å². The van der Waals surface area contributed by atoms with Gasteiger partial charge in [0.1, 0.15) is 17.5 Å². The van der Waals surface area contributed by atoms with Crippen molar-refractivity contribution in [3.05, 3.63) is 59.3 Å². The zero-order chi connectivity index (χ0) is 35.9. The second-order valence-electron chi connectivity index (χ2n) is 15.0. The molecule has 0 saturated carbocycles. The van der Waals surface area contributed by atoms with Gasteiger partial charge in [-0.05, 0) is 112 Å². The fourth-order valence-electron chi connectivity index (χ4n) is 7.59. The largest absolute Gasteiger partial charge is 0.444 e. The number of likely N-dealkylation sites (tertiary alicyclic amines) is 2. The van der Waals surface area contributed by atoms with Crippen LogP contribution in [0, 0.1) is 18.7 Å². The van der Waals surface area contributed by atoms with E-state index in [0.29, 0.717) is 60.2 Å². The summed E-state index contributed by atoms with van der Waals surface area (Å²) >= 11 is 0. The molecule has 1 aromatic carbocycles. The highest BCUT2D eigenvalue weighted by molar-refractivity contribution is 6.11. The second kappa shape index (κ2) is 13.9. The number of benzene rings is 1. The third-order valence-electron chi connectivity index (χ3n) is 9.77. The Morgan fingerprint density at radius 2 is 1.63 bits per heavy atom. The van der Waals surface area contributed by atoms with Gasteiger partial charge in [0.05, 0.1) is 23.0 Å². The van der Waals surface area contributed by atoms with Crippen molar-refractivity contribution in [1.82, 2.24) is 24.3 Å². The van der Waals surface area contributed by atoms with Gasteiger partial charge in [0.25, 0.3) is 5.91 Å². The van der Waals surface area contributed by atoms with E-state index in [0.717, 1.165) is 6.42 Å². The third kappa shape index (κ3) is 7.07. The molecular weight excluding hydrogens is 625 g/mol. The summed E-state index contributed by atoms with van der Waals surface area (Å²) in [5.41, 5.74) is 1.84. The Labute approximate surface area is 288 Å². The first kappa shape index (κ1) is 36.0. The summed E-state index contributed by atoms with van der Waals surface area (Å²) in [6.07, 6.45) is 5.08. The molecule has 0 aliphatic carbocycles. The highest BCUT2D eigenvalue weighted by Crippen LogP contribution is 2.35. The van der Waals surface area contributed by atoms with Crippen LogP contribution in [0.2, 0.25) is 0 Å². The Morgan fingerprint density at radius 1 is 0.980 bits per heavy atom. The van der Waals surface area contributed by atoms with Gasteiger partial charge in [0.2, 0.25) is 5.91 Å². The summed E-state index contributed by atoms with van der Waals surface area (Å²) < 4.78 is 22.2. The maximum atomic E-state index is 14.7. The lowest BCUT2D eigenvalue weighted by Crippen LogP contribution is -2.52. The first-order valence-corrected chi connectivity index (χ1v) is 17.4. The van der Waals surface area contributed by atoms with Crippen molar-refractivity contribution in [3.63, 3.8) is 0 Å². The zero-order valence-corrected chi connectivity index (χ0v) is 30.2. The summed E-state index contributed by atoms with van der Waals surface area (Å²) in [5.74, 6) is -1.29. The number of carbonyl (C=O) groups is 4. The number of ether oxygens (including phenoxy) is 1. The monoisotopic (exact) mass is 675 g/mol. The number of nitrogens with zero attached hydrogens (tertiary/aromatic N) is 5. The molecule has 2 aliphatic heterocycles. The van der Waals surface area contributed by atoms with Gasteiger partial charge in [-0.3, -0.25) is 24.3 Å². The van der Waals surface area contributed by atoms with E-state index in [-0.39, 0.29) is 47.2 Å². The lowest BCUT2D eigenvalue weighted by Gasteiger charge is -2.36. The minimum absolute atomic E-state index is 0.0367. The van der Waals surface area contributed by atoms with Crippen LogP contribution in [0.3, 0.4) is 0 Å². The van der Waals surface area contributed by atoms with E-state index in [2.05, 4.69) is 4.98 Å². The number of halogens is 1. The summed E-state index contributed by atoms with van der Waals surface area (Å²) in [6, 6.07) is 5.07. The molecule has 5 rings (SSSR count). The van der Waals surface area contributed by atoms with Crippen LogP contribution in [0.1, 0.15) is 107 Å². The third-order valence-corrected chi connectivity index (χ3v) is 9.77. The molecule has 0 N–H and O–H groups in total. The summed E-state index contributed by atoms with van der Waals surface area (Å²) in [5, 5.41) is 0.705. The lowest BCUT2D eigenvalue weighted by atomic mass is 9.87. The maximum absolute atomic E-state index is 14.7. The van der Waals surface area contributed by atoms with Gasteiger partial charge < -0.3 is 19.1 Å². The zero-order valence-electron chi connectivity index (χ0n) is 30.2. The average Bonchev–Trinajstić information content (AvgIpc) is 3.55. The van der Waals surface area contributed by atoms with Crippen molar-refractivity contribution >= 4 is 34.6 Å². The molecule has 2 aliphatic rings. The molecule has 2 fully saturated rings. The van der Waals surface area contributed by atoms with Crippen LogP contribution >= 0.6 is 0 Å². The van der Waals surface area contributed by atoms with Crippen molar-refractivity contribution in [3.8, 4) is 5.69 Å². The van der Waals surface area contributed by atoms with Crippen LogP contribution in [-0.2, 0) is 9.53 Å². The van der Waals surface area contributed by atoms with Crippen molar-refractivity contribution in [2.75, 3.05) is 13.1 Å². The molecule has 3 aromatic rings. The molecule has 0 spiro atoms. The molecule has 10 nitrogen and oxygen atoms in total. The number of Topliss-reactive ketones (excluding diaryl/α,β-unsaturated/α-hetero) is 1. The topological polar surface area (TPSA) is 105 Å². The number of piperidine rings is 1. The Bertz CT molecular complexity index is 1740. The minimum Gasteiger partial charge on any atom is -0.444 e. The van der Waals surface area contributed by atoms with Gasteiger partial charge in [0.15, 0.2) is 5.78 Å². The number of hydrogen-bond acceptors (Lipinski definition) is 6. The van der Waals surface area contributed by atoms with E-state index in [4.69, 9.17) is 4.74 Å². The number of fused-ring (bicyclic) bond motifs is 1. The Kier molecular flexibility index (Phi) is 10.2. The molecule has 0 unspecified atom stereocenters. The fourth-order valence-corrected chi connectivity index (χ4v) is 7.59. The predicted molar refractivity (Wildman–Crippen MR) is 186 cm³/mol. The van der Waals surface area contributed by atoms with E-state index >= 15 is 0 Å². The Morgan fingerprint density at radius 3 is 2.24 bits per heavy atom. The van der Waals surface area contributed by atoms with Crippen molar-refractivity contribution < 1.29 is 28.3 Å². The average molecular weight is 676 g/mol. The van der Waals surface area contributed by atoms with Gasteiger partial charge in [0, 0.05) is 60.0 Å². The summed E-state index contributed by atoms with van der Waals surface area (Å²) in [4.78, 5) is 64.4. The van der Waals surface area contributed by atoms with E-state index in [1.54, 1.807) is 39.2 Å². The number of amides is 3. The van der Waals surface area contributed by atoms with Crippen LogP contribution in [0.4, 0.5) is 9.18 Å². The molecule has 0 bridgehead atoms. The first-order chi connectivity index (χ1) is 23.0. The SMILES string of the molecule is Cc1c(C(=O)C2CCN(C(=O)[C@@H]3CC[C@H](C)N3C(=O)OC(C)(C)C)CC2)c2ccncc2n1-c1ccc(F)cc1C(=O)N(C(C)C)C(C)C. The second-order valence-corrected chi connectivity index (χ2v) is 15.0. The minimum atomic E-state index is -0.667. The summed E-state index contributed by atoms with van der Waals surface area (Å²) in [7, 11) is 0. The maximum Gasteiger partial charge on any atom is 0.411 e. The van der Waals surface area contributed by atoms with Gasteiger partial charge >= 0.3 is 6.09 Å². The highest BCUT2D eigenvalue weighted by atomic mass is 19.1. The first-order valence-electron chi connectivity index (χ1n) is 17.4. The number of ketones is 1. The highest BCUT2D eigenvalue weighted by Gasteiger charge is 2.43. The molecule has 49 heavy (non-hydrogen) atoms. The molecule has 2 aromatic heterocycles. The molecule has 2 atom stereocenters. The van der Waals surface area contributed by atoms with Crippen molar-refractivity contribution in [1.29, 1.82) is 0 Å². The molecule has 0 radical (unpaired) electrons. The van der Waals surface area contributed by atoms with Crippen LogP contribution in [-0.4, -0.2) is 90.8 Å². The molecule has 11 heteroatoms. The quantitative estimate of drug-likeness (QED) is 0.251. The predicted octanol–water partition coefficient (Wildman–Crippen LogP) is 6.94. The molecular formula is C38H50FN5O5. The van der Waals surface area contributed by atoms with Gasteiger partial charge in [-0.1, -0.05) is 0 Å². The van der Waals surface area contributed by atoms with Gasteiger partial charge in [-0.15, -0.1) is 0 Å². The number of hydrogen-bond donors (Lipinski definition) is 0. The van der Waals surface area contributed by atoms with Crippen molar-refractivity contribution in [2.24, 2.45) is 5.92 Å². The smallest absolute Gasteiger partial charge is 0.411 e. The molecule has 4 heterocycles. The number of rotatable bonds is 7. The van der Waals surface area contributed by atoms with Crippen LogP contribution in [0.25, 0.3) is 16.6 Å². The standard InChI is InChI=1S/C38H50FN5O5/c1-22(2)42(23(3)4)35(46)29-20-27(39)11-13-30(29)44-25(6)33(28-14-17-40-21-32(28)44)34(45)26-15-18-41(19-16-26)36(47)31-12-10-24(5)43(31)37(48)49-38(7,8)9/h11,13-14,17,20-24,26,31H,10,12,15-16,18-19H2,1-9H3/t24-,31-/m0/s1. The number of carbonyl (C=O) groups excluding carboxylic acids is 4. The Balaban J connectivity index is 1.41.